The third-order valence-electron chi connectivity index (χ3n) is 5.30. The fourth-order valence-electron chi connectivity index (χ4n) is 4.45. The maximum atomic E-state index is 11.9. The maximum Gasteiger partial charge on any atom is 0.312 e. The quantitative estimate of drug-likeness (QED) is 0.597. The second-order valence-electron chi connectivity index (χ2n) is 6.01. The van der Waals surface area contributed by atoms with Crippen molar-refractivity contribution in [1.29, 1.82) is 0 Å². The average molecular weight is 193 g/mol. The molecule has 4 aliphatic carbocycles. The van der Waals surface area contributed by atoms with Gasteiger partial charge in [0.25, 0.3) is 0 Å². The van der Waals surface area contributed by atoms with Gasteiger partial charge in [-0.3, -0.25) is 4.79 Å². The normalized spacial score (nSPS) is 54.5. The first kappa shape index (κ1) is 8.75. The van der Waals surface area contributed by atoms with Gasteiger partial charge in [0, 0.05) is 0 Å². The molecule has 0 spiro atoms. The first-order valence-electron chi connectivity index (χ1n) is 5.39. The minimum atomic E-state index is -0.168. The van der Waals surface area contributed by atoms with Gasteiger partial charge >= 0.3 is 5.97 Å². The van der Waals surface area contributed by atoms with E-state index in [1.165, 1.54) is 25.9 Å². The number of rotatable bonds is 1. The first-order chi connectivity index (χ1) is 6.46. The highest BCUT2D eigenvalue weighted by atomic mass is 16.5. The van der Waals surface area contributed by atoms with E-state index in [9.17, 15) is 4.79 Å². The molecule has 0 aliphatic heterocycles. The van der Waals surface area contributed by atoms with E-state index in [1.807, 2.05) is 0 Å². The van der Waals surface area contributed by atoms with E-state index in [0.29, 0.717) is 10.8 Å². The summed E-state index contributed by atoms with van der Waals surface area (Å²) in [5.41, 5.74) is 0.602. The van der Waals surface area contributed by atoms with Gasteiger partial charge in [-0.2, -0.15) is 0 Å². The topological polar surface area (TPSA) is 26.3 Å². The molecule has 0 aromatic rings. The molecule has 2 atom stereocenters. The van der Waals surface area contributed by atoms with Gasteiger partial charge in [-0.1, -0.05) is 13.8 Å². The molecule has 0 amide bonds. The monoisotopic (exact) mass is 193 g/mol. The second-order valence-corrected chi connectivity index (χ2v) is 6.01. The van der Waals surface area contributed by atoms with E-state index < -0.39 is 0 Å². The molecule has 0 N–H and O–H groups in total. The van der Waals surface area contributed by atoms with Crippen LogP contribution in [-0.4, -0.2) is 13.1 Å². The van der Waals surface area contributed by atoms with Crippen LogP contribution < -0.4 is 0 Å². The van der Waals surface area contributed by atoms with Crippen molar-refractivity contribution < 1.29 is 9.53 Å². The number of hydrogen-bond acceptors (Lipinski definition) is 2. The van der Waals surface area contributed by atoms with Gasteiger partial charge in [-0.25, -0.2) is 0 Å². The number of carbonyl (C=O) groups is 1. The molecule has 4 saturated carbocycles. The van der Waals surface area contributed by atoms with Crippen molar-refractivity contribution in [2.24, 2.45) is 16.2 Å². The Balaban J connectivity index is 2.06. The van der Waals surface area contributed by atoms with Gasteiger partial charge in [0.15, 0.2) is 0 Å². The fraction of sp³-hybridized carbons (Fsp3) is 0.833. The molecule has 2 heteroatoms. The number of esters is 1. The van der Waals surface area contributed by atoms with Gasteiger partial charge in [0.1, 0.15) is 0 Å². The van der Waals surface area contributed by atoms with Crippen molar-refractivity contribution in [3.8, 4) is 0 Å². The third-order valence-corrected chi connectivity index (χ3v) is 5.30. The Kier molecular flexibility index (Phi) is 1.27. The van der Waals surface area contributed by atoms with Crippen molar-refractivity contribution >= 4 is 5.97 Å². The third kappa shape index (κ3) is 0.636. The zero-order chi connectivity index (χ0) is 10.2. The predicted octanol–water partition coefficient (Wildman–Crippen LogP) is 2.33. The van der Waals surface area contributed by atoms with Gasteiger partial charge in [-0.15, -0.1) is 0 Å². The molecule has 1 radical (unpaired) electrons. The Hall–Kier alpha value is -0.530. The molecule has 4 rings (SSSR count). The minimum Gasteiger partial charge on any atom is -0.469 e. The minimum absolute atomic E-state index is 0.0254. The molecule has 14 heavy (non-hydrogen) atoms. The Morgan fingerprint density at radius 1 is 1.21 bits per heavy atom. The summed E-state index contributed by atoms with van der Waals surface area (Å²) in [6, 6.07) is 0. The van der Waals surface area contributed by atoms with Crippen LogP contribution in [0.3, 0.4) is 0 Å². The van der Waals surface area contributed by atoms with E-state index in [-0.39, 0.29) is 11.4 Å². The molecule has 4 aliphatic rings. The van der Waals surface area contributed by atoms with Crippen LogP contribution in [0.1, 0.15) is 39.5 Å². The molecule has 4 bridgehead atoms. The summed E-state index contributed by atoms with van der Waals surface area (Å²) < 4.78 is 4.98. The van der Waals surface area contributed by atoms with Crippen LogP contribution >= 0.6 is 0 Å². The summed E-state index contributed by atoms with van der Waals surface area (Å²) in [4.78, 5) is 11.9. The van der Waals surface area contributed by atoms with Crippen molar-refractivity contribution in [2.75, 3.05) is 7.11 Å². The largest absolute Gasteiger partial charge is 0.469 e. The SMILES string of the molecule is COC(=O)C12CC3(C)C[C]1CC3(C)C2. The van der Waals surface area contributed by atoms with E-state index in [2.05, 4.69) is 13.8 Å². The highest BCUT2D eigenvalue weighted by molar-refractivity contribution is 5.83. The summed E-state index contributed by atoms with van der Waals surface area (Å²) in [6.45, 7) is 4.69. The molecule has 0 aromatic carbocycles. The lowest BCUT2D eigenvalue weighted by Crippen LogP contribution is -2.30. The van der Waals surface area contributed by atoms with Crippen LogP contribution in [0.25, 0.3) is 0 Å². The Morgan fingerprint density at radius 2 is 1.71 bits per heavy atom. The van der Waals surface area contributed by atoms with Crippen molar-refractivity contribution in [2.45, 2.75) is 39.5 Å². The number of ether oxygens (including phenoxy) is 1. The molecule has 4 fully saturated rings. The highest BCUT2D eigenvalue weighted by Gasteiger charge is 2.77. The standard InChI is InChI=1S/C12H17O2/c1-10-4-8-5-11(10,2)7-12(8,6-10)9(13)14-3/h4-7H2,1-3H3. The molecule has 2 unspecified atom stereocenters. The van der Waals surface area contributed by atoms with E-state index in [0.717, 1.165) is 12.8 Å². The van der Waals surface area contributed by atoms with Crippen LogP contribution in [-0.2, 0) is 9.53 Å². The highest BCUT2D eigenvalue weighted by Crippen LogP contribution is 2.82. The summed E-state index contributed by atoms with van der Waals surface area (Å²) in [5.74, 6) is 1.51. The maximum absolute atomic E-state index is 11.9. The van der Waals surface area contributed by atoms with E-state index in [1.54, 1.807) is 0 Å². The molecule has 0 saturated heterocycles. The van der Waals surface area contributed by atoms with Crippen molar-refractivity contribution in [1.82, 2.24) is 0 Å². The molecule has 0 heterocycles. The molecular formula is C12H17O2. The van der Waals surface area contributed by atoms with Crippen LogP contribution in [0.2, 0.25) is 0 Å². The Labute approximate surface area is 85.0 Å². The van der Waals surface area contributed by atoms with Crippen LogP contribution in [0, 0.1) is 22.2 Å². The lowest BCUT2D eigenvalue weighted by molar-refractivity contribution is -0.150. The molecule has 2 nitrogen and oxygen atoms in total. The zero-order valence-corrected chi connectivity index (χ0v) is 9.14. The molecule has 0 aromatic heterocycles. The van der Waals surface area contributed by atoms with Crippen molar-refractivity contribution in [3.63, 3.8) is 0 Å². The molecule has 77 valence electrons. The van der Waals surface area contributed by atoms with Crippen molar-refractivity contribution in [3.05, 3.63) is 5.92 Å². The lowest BCUT2D eigenvalue weighted by atomic mass is 9.71. The Morgan fingerprint density at radius 3 is 2.00 bits per heavy atom. The van der Waals surface area contributed by atoms with E-state index in [4.69, 9.17) is 4.74 Å². The smallest absolute Gasteiger partial charge is 0.312 e. The van der Waals surface area contributed by atoms with Gasteiger partial charge in [0.05, 0.1) is 12.5 Å². The average Bonchev–Trinajstić information content (AvgIpc) is 2.66. The van der Waals surface area contributed by atoms with Gasteiger partial charge in [0.2, 0.25) is 0 Å². The summed E-state index contributed by atoms with van der Waals surface area (Å²) in [5, 5.41) is 0. The lowest BCUT2D eigenvalue weighted by Gasteiger charge is -2.33. The summed E-state index contributed by atoms with van der Waals surface area (Å²) in [7, 11) is 1.52. The van der Waals surface area contributed by atoms with Gasteiger partial charge < -0.3 is 4.74 Å². The zero-order valence-electron chi connectivity index (χ0n) is 9.14. The number of methoxy groups -OCH3 is 1. The fourth-order valence-corrected chi connectivity index (χ4v) is 4.45. The summed E-state index contributed by atoms with van der Waals surface area (Å²) >= 11 is 0. The van der Waals surface area contributed by atoms with Crippen LogP contribution in [0.4, 0.5) is 0 Å². The predicted molar refractivity (Wildman–Crippen MR) is 52.4 cm³/mol. The first-order valence-corrected chi connectivity index (χ1v) is 5.39. The van der Waals surface area contributed by atoms with E-state index >= 15 is 0 Å². The number of carbonyl (C=O) groups excluding carboxylic acids is 1. The molecular weight excluding hydrogens is 176 g/mol. The second kappa shape index (κ2) is 2.02. The van der Waals surface area contributed by atoms with Crippen LogP contribution in [0.15, 0.2) is 0 Å². The summed E-state index contributed by atoms with van der Waals surface area (Å²) in [6.07, 6.45) is 4.41. The van der Waals surface area contributed by atoms with Gasteiger partial charge in [-0.05, 0) is 42.4 Å². The van der Waals surface area contributed by atoms with Crippen LogP contribution in [0.5, 0.6) is 0 Å². The number of hydrogen-bond donors (Lipinski definition) is 0. The Bertz CT molecular complexity index is 302.